The zero-order valence-corrected chi connectivity index (χ0v) is 13.4. The second-order valence-corrected chi connectivity index (χ2v) is 7.10. The van der Waals surface area contributed by atoms with Gasteiger partial charge < -0.3 is 41.1 Å². The van der Waals surface area contributed by atoms with Gasteiger partial charge in [0.25, 0.3) is 0 Å². The highest BCUT2D eigenvalue weighted by molar-refractivity contribution is 7.46. The second kappa shape index (κ2) is 8.82. The van der Waals surface area contributed by atoms with Gasteiger partial charge in [-0.25, -0.2) is 4.57 Å². The van der Waals surface area contributed by atoms with Gasteiger partial charge in [-0.2, -0.15) is 0 Å². The van der Waals surface area contributed by atoms with Gasteiger partial charge in [0.2, 0.25) is 0 Å². The minimum Gasteiger partial charge on any atom is -0.387 e. The smallest absolute Gasteiger partial charge is 0.387 e. The van der Waals surface area contributed by atoms with Gasteiger partial charge in [0.1, 0.15) is 36.6 Å². The highest BCUT2D eigenvalue weighted by Gasteiger charge is 2.50. The molecule has 2 aliphatic rings. The van der Waals surface area contributed by atoms with Crippen LogP contribution in [0.3, 0.4) is 0 Å². The minimum atomic E-state index is -5.01. The maximum atomic E-state index is 10.5. The quantitative estimate of drug-likeness (QED) is 0.245. The highest BCUT2D eigenvalue weighted by Crippen LogP contribution is 2.41. The molecule has 2 rings (SSSR count). The number of rotatable bonds is 2. The second-order valence-electron chi connectivity index (χ2n) is 5.91. The van der Waals surface area contributed by atoms with Gasteiger partial charge >= 0.3 is 7.82 Å². The lowest BCUT2D eigenvalue weighted by atomic mass is 9.85. The fourth-order valence-electron chi connectivity index (χ4n) is 2.61. The molecule has 4 atom stereocenters. The summed E-state index contributed by atoms with van der Waals surface area (Å²) >= 11 is 0. The van der Waals surface area contributed by atoms with Crippen LogP contribution in [0.15, 0.2) is 0 Å². The summed E-state index contributed by atoms with van der Waals surface area (Å²) < 4.78 is 14.5. The number of hydrogen-bond donors (Lipinski definition) is 8. The summed E-state index contributed by atoms with van der Waals surface area (Å²) in [7, 11) is -5.01. The topological polar surface area (TPSA) is 194 Å². The Kier molecular flexibility index (Phi) is 8.02. The Hall–Kier alpha value is -0.130. The van der Waals surface area contributed by atoms with Crippen molar-refractivity contribution >= 4 is 7.82 Å². The molecule has 0 spiro atoms. The van der Waals surface area contributed by atoms with Gasteiger partial charge in [0.05, 0.1) is 0 Å². The summed E-state index contributed by atoms with van der Waals surface area (Å²) in [5.74, 6) is 0. The Balaban J connectivity index is 0.000000313. The van der Waals surface area contributed by atoms with E-state index in [9.17, 15) is 25.0 Å². The lowest BCUT2D eigenvalue weighted by Gasteiger charge is -2.41. The van der Waals surface area contributed by atoms with E-state index in [-0.39, 0.29) is 0 Å². The van der Waals surface area contributed by atoms with Crippen molar-refractivity contribution in [2.24, 2.45) is 5.73 Å². The van der Waals surface area contributed by atoms with Crippen molar-refractivity contribution in [3.05, 3.63) is 0 Å². The molecular formula is C12H26NO9P. The van der Waals surface area contributed by atoms with E-state index in [4.69, 9.17) is 20.6 Å². The average Bonchev–Trinajstić information content (AvgIpc) is 2.48. The van der Waals surface area contributed by atoms with Crippen molar-refractivity contribution < 1.29 is 44.4 Å². The number of nitrogens with two attached hydrogens (primary N) is 1. The lowest BCUT2D eigenvalue weighted by molar-refractivity contribution is -0.219. The van der Waals surface area contributed by atoms with E-state index < -0.39 is 44.4 Å². The summed E-state index contributed by atoms with van der Waals surface area (Å²) in [5, 5.41) is 46.1. The van der Waals surface area contributed by atoms with E-state index in [2.05, 4.69) is 4.52 Å². The molecule has 10 nitrogen and oxygen atoms in total. The molecule has 9 N–H and O–H groups in total. The molecule has 0 amide bonds. The average molecular weight is 359 g/mol. The van der Waals surface area contributed by atoms with Gasteiger partial charge in [-0.05, 0) is 12.8 Å². The molecule has 4 unspecified atom stereocenters. The summed E-state index contributed by atoms with van der Waals surface area (Å²) in [4.78, 5) is 17.0. The SMILES string of the molecule is NC1CCCCC1.O=P(O)(O)OC1C(O)C(O)C(O)C(O)C1O. The molecule has 11 heteroatoms. The predicted octanol–water partition coefficient (Wildman–Crippen LogP) is -2.44. The Labute approximate surface area is 133 Å². The molecule has 0 aliphatic heterocycles. The summed E-state index contributed by atoms with van der Waals surface area (Å²) in [6.45, 7) is 0. The molecule has 2 fully saturated rings. The number of aliphatic hydroxyl groups excluding tert-OH is 5. The van der Waals surface area contributed by atoms with E-state index in [1.807, 2.05) is 0 Å². The van der Waals surface area contributed by atoms with Crippen LogP contribution in [0.5, 0.6) is 0 Å². The summed E-state index contributed by atoms with van der Waals surface area (Å²) in [6, 6.07) is 0.536. The van der Waals surface area contributed by atoms with E-state index in [0.717, 1.165) is 0 Å². The fourth-order valence-corrected chi connectivity index (χ4v) is 3.18. The zero-order valence-electron chi connectivity index (χ0n) is 12.5. The van der Waals surface area contributed by atoms with Gasteiger partial charge in [0, 0.05) is 6.04 Å². The third-order valence-corrected chi connectivity index (χ3v) is 4.50. The van der Waals surface area contributed by atoms with Crippen LogP contribution in [0.25, 0.3) is 0 Å². The third-order valence-electron chi connectivity index (χ3n) is 3.98. The Morgan fingerprint density at radius 1 is 0.783 bits per heavy atom. The fraction of sp³-hybridized carbons (Fsp3) is 1.00. The first kappa shape index (κ1) is 20.9. The minimum absolute atomic E-state index is 0.536. The van der Waals surface area contributed by atoms with Crippen molar-refractivity contribution in [2.45, 2.75) is 74.8 Å². The number of hydrogen-bond acceptors (Lipinski definition) is 8. The zero-order chi connectivity index (χ0) is 17.8. The van der Waals surface area contributed by atoms with Crippen LogP contribution in [-0.4, -0.2) is 78.0 Å². The number of aliphatic hydroxyl groups is 5. The molecule has 0 bridgehead atoms. The Bertz CT molecular complexity index is 384. The summed E-state index contributed by atoms with van der Waals surface area (Å²) in [5.41, 5.74) is 5.63. The van der Waals surface area contributed by atoms with Crippen molar-refractivity contribution in [3.8, 4) is 0 Å². The van der Waals surface area contributed by atoms with E-state index in [1.165, 1.54) is 32.1 Å². The maximum absolute atomic E-state index is 10.5. The monoisotopic (exact) mass is 359 g/mol. The largest absolute Gasteiger partial charge is 0.470 e. The normalized spacial score (nSPS) is 39.5. The van der Waals surface area contributed by atoms with Crippen LogP contribution in [0, 0.1) is 0 Å². The molecule has 23 heavy (non-hydrogen) atoms. The van der Waals surface area contributed by atoms with E-state index in [0.29, 0.717) is 6.04 Å². The molecular weight excluding hydrogens is 333 g/mol. The third kappa shape index (κ3) is 6.35. The first-order valence-corrected chi connectivity index (χ1v) is 8.97. The van der Waals surface area contributed by atoms with Crippen LogP contribution in [0.4, 0.5) is 0 Å². The van der Waals surface area contributed by atoms with Crippen LogP contribution in [-0.2, 0) is 9.09 Å². The van der Waals surface area contributed by atoms with Crippen molar-refractivity contribution in [3.63, 3.8) is 0 Å². The molecule has 0 saturated heterocycles. The molecule has 2 saturated carbocycles. The van der Waals surface area contributed by atoms with E-state index >= 15 is 0 Å². The van der Waals surface area contributed by atoms with E-state index in [1.54, 1.807) is 0 Å². The Morgan fingerprint density at radius 3 is 1.48 bits per heavy atom. The standard InChI is InChI=1S/C6H13N.C6H13O9P/c7-6-4-2-1-3-5-6;7-1-2(8)4(10)6(5(11)3(1)9)15-16(12,13)14/h6H,1-5,7H2;1-11H,(H2,12,13,14). The number of phosphoric ester groups is 1. The number of phosphoric acid groups is 1. The van der Waals surface area contributed by atoms with Crippen molar-refractivity contribution in [1.82, 2.24) is 0 Å². The molecule has 0 aromatic carbocycles. The molecule has 0 radical (unpaired) electrons. The molecule has 0 aromatic rings. The maximum Gasteiger partial charge on any atom is 0.470 e. The molecule has 0 heterocycles. The van der Waals surface area contributed by atoms with Crippen molar-refractivity contribution in [2.75, 3.05) is 0 Å². The van der Waals surface area contributed by atoms with Crippen molar-refractivity contribution in [1.29, 1.82) is 0 Å². The van der Waals surface area contributed by atoms with Crippen LogP contribution in [0.1, 0.15) is 32.1 Å². The molecule has 2 aliphatic carbocycles. The van der Waals surface area contributed by atoms with Gasteiger partial charge in [0.15, 0.2) is 0 Å². The van der Waals surface area contributed by atoms with Gasteiger partial charge in [-0.15, -0.1) is 0 Å². The van der Waals surface area contributed by atoms with Gasteiger partial charge in [-0.3, -0.25) is 4.52 Å². The summed E-state index contributed by atoms with van der Waals surface area (Å²) in [6.07, 6.45) is -4.68. The Morgan fingerprint density at radius 2 is 1.17 bits per heavy atom. The first-order chi connectivity index (χ1) is 10.5. The lowest BCUT2D eigenvalue weighted by Crippen LogP contribution is -2.64. The van der Waals surface area contributed by atoms with Crippen LogP contribution < -0.4 is 5.73 Å². The van der Waals surface area contributed by atoms with Crippen LogP contribution >= 0.6 is 7.82 Å². The van der Waals surface area contributed by atoms with Gasteiger partial charge in [-0.1, -0.05) is 19.3 Å². The molecule has 0 aromatic heterocycles. The highest BCUT2D eigenvalue weighted by atomic mass is 31.2. The molecule has 138 valence electrons. The predicted molar refractivity (Wildman–Crippen MR) is 78.0 cm³/mol. The first-order valence-electron chi connectivity index (χ1n) is 7.44. The van der Waals surface area contributed by atoms with Crippen LogP contribution in [0.2, 0.25) is 0 Å².